The summed E-state index contributed by atoms with van der Waals surface area (Å²) in [5.74, 6) is -0.503. The van der Waals surface area contributed by atoms with Crippen LogP contribution >= 0.6 is 0 Å². The molecule has 1 N–H and O–H groups in total. The molecular weight excluding hydrogens is 258 g/mol. The Morgan fingerprint density at radius 1 is 1.35 bits per heavy atom. The molecule has 0 aromatic heterocycles. The minimum atomic E-state index is -0.816. The zero-order valence-corrected chi connectivity index (χ0v) is 11.7. The molecule has 0 aliphatic heterocycles. The number of amides is 1. The molecule has 1 aromatic carbocycles. The van der Waals surface area contributed by atoms with E-state index in [2.05, 4.69) is 5.32 Å². The molecule has 0 heterocycles. The summed E-state index contributed by atoms with van der Waals surface area (Å²) in [7, 11) is 0. The molecule has 1 unspecified atom stereocenters. The topological polar surface area (TPSA) is 64.6 Å². The summed E-state index contributed by atoms with van der Waals surface area (Å²) in [5, 5.41) is 2.41. The van der Waals surface area contributed by atoms with Gasteiger partial charge in [0.1, 0.15) is 6.61 Å². The second-order valence-electron chi connectivity index (χ2n) is 4.13. The van der Waals surface area contributed by atoms with E-state index < -0.39 is 12.0 Å². The molecule has 20 heavy (non-hydrogen) atoms. The van der Waals surface area contributed by atoms with Crippen molar-refractivity contribution in [3.63, 3.8) is 0 Å². The molecule has 1 rings (SSSR count). The minimum absolute atomic E-state index is 0.258. The van der Waals surface area contributed by atoms with Crippen LogP contribution in [0.3, 0.4) is 0 Å². The van der Waals surface area contributed by atoms with Crippen LogP contribution in [0.25, 0.3) is 0 Å². The summed E-state index contributed by atoms with van der Waals surface area (Å²) in [6.07, 6.45) is 1.93. The van der Waals surface area contributed by atoms with E-state index >= 15 is 0 Å². The van der Waals surface area contributed by atoms with E-state index in [0.717, 1.165) is 5.56 Å². The lowest BCUT2D eigenvalue weighted by Crippen LogP contribution is -2.38. The number of carbonyl (C=O) groups excluding carboxylic acids is 2. The number of hydrogen-bond donors (Lipinski definition) is 1. The second kappa shape index (κ2) is 8.74. The van der Waals surface area contributed by atoms with Crippen LogP contribution in [-0.2, 0) is 25.7 Å². The van der Waals surface area contributed by atoms with E-state index in [1.54, 1.807) is 13.8 Å². The molecule has 5 nitrogen and oxygen atoms in total. The first kappa shape index (κ1) is 15.8. The lowest BCUT2D eigenvalue weighted by molar-refractivity contribution is -0.145. The third-order valence-electron chi connectivity index (χ3n) is 2.57. The van der Waals surface area contributed by atoms with E-state index in [1.165, 1.54) is 6.26 Å². The van der Waals surface area contributed by atoms with E-state index in [4.69, 9.17) is 9.47 Å². The third-order valence-corrected chi connectivity index (χ3v) is 2.57. The number of nitrogens with one attached hydrogen (secondary N) is 1. The van der Waals surface area contributed by atoms with Crippen molar-refractivity contribution in [3.05, 3.63) is 47.7 Å². The predicted molar refractivity (Wildman–Crippen MR) is 74.6 cm³/mol. The minimum Gasteiger partial charge on any atom is -0.496 e. The molecule has 1 aromatic rings. The Morgan fingerprint density at radius 3 is 2.65 bits per heavy atom. The molecule has 0 radical (unpaired) electrons. The van der Waals surface area contributed by atoms with Crippen molar-refractivity contribution in [1.29, 1.82) is 0 Å². The Morgan fingerprint density at radius 2 is 2.05 bits per heavy atom. The molecule has 0 fully saturated rings. The van der Waals surface area contributed by atoms with E-state index in [1.807, 2.05) is 30.3 Å². The predicted octanol–water partition coefficient (Wildman–Crippen LogP) is 1.78. The second-order valence-corrected chi connectivity index (χ2v) is 4.13. The van der Waals surface area contributed by atoms with Crippen LogP contribution < -0.4 is 5.32 Å². The number of ether oxygens (including phenoxy) is 2. The van der Waals surface area contributed by atoms with Gasteiger partial charge in [-0.2, -0.15) is 0 Å². The molecule has 0 spiro atoms. The summed E-state index contributed by atoms with van der Waals surface area (Å²) in [6, 6.07) is 8.83. The summed E-state index contributed by atoms with van der Waals surface area (Å²) < 4.78 is 10.3. The van der Waals surface area contributed by atoms with Gasteiger partial charge in [0.2, 0.25) is 6.41 Å². The molecule has 0 saturated heterocycles. The van der Waals surface area contributed by atoms with Crippen molar-refractivity contribution in [2.75, 3.05) is 6.61 Å². The van der Waals surface area contributed by atoms with Crippen molar-refractivity contribution >= 4 is 12.4 Å². The fourth-order valence-corrected chi connectivity index (χ4v) is 1.59. The molecule has 1 atom stereocenters. The first-order valence-corrected chi connectivity index (χ1v) is 6.37. The summed E-state index contributed by atoms with van der Waals surface area (Å²) in [6.45, 7) is 4.06. The lowest BCUT2D eigenvalue weighted by atomic mass is 10.1. The van der Waals surface area contributed by atoms with Crippen LogP contribution in [-0.4, -0.2) is 25.0 Å². The Balaban J connectivity index is 2.59. The van der Waals surface area contributed by atoms with Gasteiger partial charge in [-0.15, -0.1) is 0 Å². The van der Waals surface area contributed by atoms with Gasteiger partial charge in [0, 0.05) is 0 Å². The zero-order valence-electron chi connectivity index (χ0n) is 11.7. The van der Waals surface area contributed by atoms with Crippen molar-refractivity contribution < 1.29 is 19.1 Å². The smallest absolute Gasteiger partial charge is 0.333 e. The van der Waals surface area contributed by atoms with Gasteiger partial charge in [-0.1, -0.05) is 30.3 Å². The number of rotatable bonds is 8. The van der Waals surface area contributed by atoms with Gasteiger partial charge >= 0.3 is 5.97 Å². The van der Waals surface area contributed by atoms with Crippen LogP contribution in [0.5, 0.6) is 0 Å². The molecule has 0 bridgehead atoms. The number of esters is 1. The normalized spacial score (nSPS) is 12.4. The molecule has 0 aliphatic carbocycles. The first-order valence-electron chi connectivity index (χ1n) is 6.37. The number of carbonyl (C=O) groups is 2. The fraction of sp³-hybridized carbons (Fsp3) is 0.333. The molecule has 0 aliphatic rings. The highest BCUT2D eigenvalue weighted by molar-refractivity contribution is 5.81. The SMILES string of the molecule is CCOC(=O)C(NC=O)/C(C)=C/OCc1ccccc1. The molecular formula is C15H19NO4. The van der Waals surface area contributed by atoms with Gasteiger partial charge in [-0.05, 0) is 25.0 Å². The number of hydrogen-bond acceptors (Lipinski definition) is 4. The molecule has 0 saturated carbocycles. The van der Waals surface area contributed by atoms with Crippen molar-refractivity contribution in [2.45, 2.75) is 26.5 Å². The highest BCUT2D eigenvalue weighted by Gasteiger charge is 2.20. The third kappa shape index (κ3) is 5.14. The van der Waals surface area contributed by atoms with E-state index in [9.17, 15) is 9.59 Å². The van der Waals surface area contributed by atoms with E-state index in [-0.39, 0.29) is 6.61 Å². The first-order chi connectivity index (χ1) is 9.69. The van der Waals surface area contributed by atoms with Crippen LogP contribution in [0.1, 0.15) is 19.4 Å². The largest absolute Gasteiger partial charge is 0.496 e. The summed E-state index contributed by atoms with van der Waals surface area (Å²) >= 11 is 0. The van der Waals surface area contributed by atoms with Crippen LogP contribution in [0.15, 0.2) is 42.2 Å². The highest BCUT2D eigenvalue weighted by Crippen LogP contribution is 2.06. The van der Waals surface area contributed by atoms with Crippen LogP contribution in [0.2, 0.25) is 0 Å². The average Bonchev–Trinajstić information content (AvgIpc) is 2.46. The maximum absolute atomic E-state index is 11.7. The molecule has 108 valence electrons. The van der Waals surface area contributed by atoms with E-state index in [0.29, 0.717) is 18.6 Å². The van der Waals surface area contributed by atoms with Crippen molar-refractivity contribution in [1.82, 2.24) is 5.32 Å². The zero-order chi connectivity index (χ0) is 14.8. The van der Waals surface area contributed by atoms with Gasteiger partial charge < -0.3 is 14.8 Å². The van der Waals surface area contributed by atoms with Gasteiger partial charge in [-0.3, -0.25) is 4.79 Å². The maximum atomic E-state index is 11.7. The standard InChI is InChI=1S/C15H19NO4/c1-3-20-15(18)14(16-11-17)12(2)9-19-10-13-7-5-4-6-8-13/h4-9,11,14H,3,10H2,1-2H3,(H,16,17)/b12-9+. The highest BCUT2D eigenvalue weighted by atomic mass is 16.5. The Kier molecular flexibility index (Phi) is 6.89. The molecule has 5 heteroatoms. The van der Waals surface area contributed by atoms with Gasteiger partial charge in [-0.25, -0.2) is 4.79 Å². The van der Waals surface area contributed by atoms with Gasteiger partial charge in [0.15, 0.2) is 6.04 Å². The Bertz CT molecular complexity index is 456. The van der Waals surface area contributed by atoms with Gasteiger partial charge in [0.25, 0.3) is 0 Å². The lowest BCUT2D eigenvalue weighted by Gasteiger charge is -2.15. The Hall–Kier alpha value is -2.30. The van der Waals surface area contributed by atoms with Crippen molar-refractivity contribution in [3.8, 4) is 0 Å². The monoisotopic (exact) mass is 277 g/mol. The fourth-order valence-electron chi connectivity index (χ4n) is 1.59. The maximum Gasteiger partial charge on any atom is 0.333 e. The number of benzene rings is 1. The van der Waals surface area contributed by atoms with Crippen molar-refractivity contribution in [2.24, 2.45) is 0 Å². The van der Waals surface area contributed by atoms with Crippen LogP contribution in [0.4, 0.5) is 0 Å². The average molecular weight is 277 g/mol. The quantitative estimate of drug-likeness (QED) is 0.447. The molecule has 1 amide bonds. The summed E-state index contributed by atoms with van der Waals surface area (Å²) in [5.41, 5.74) is 1.60. The summed E-state index contributed by atoms with van der Waals surface area (Å²) in [4.78, 5) is 22.2. The van der Waals surface area contributed by atoms with Crippen LogP contribution in [0, 0.1) is 0 Å². The Labute approximate surface area is 118 Å². The van der Waals surface area contributed by atoms with Gasteiger partial charge in [0.05, 0.1) is 12.9 Å².